The Balaban J connectivity index is 1.45. The number of hydrogen-bond acceptors (Lipinski definition) is 7. The van der Waals surface area contributed by atoms with Gasteiger partial charge >= 0.3 is 0 Å². The first-order valence-electron chi connectivity index (χ1n) is 10.9. The molecule has 172 valence electrons. The van der Waals surface area contributed by atoms with Crippen molar-refractivity contribution in [3.8, 4) is 0 Å². The van der Waals surface area contributed by atoms with Gasteiger partial charge in [0.1, 0.15) is 5.82 Å². The van der Waals surface area contributed by atoms with Crippen molar-refractivity contribution in [2.75, 3.05) is 28.0 Å². The molecule has 1 aliphatic heterocycles. The third-order valence-corrected chi connectivity index (χ3v) is 6.88. The number of nitrogens with zero attached hydrogens (tertiary/aromatic N) is 3. The van der Waals surface area contributed by atoms with Crippen LogP contribution in [-0.2, 0) is 10.0 Å². The molecule has 0 amide bonds. The van der Waals surface area contributed by atoms with Crippen LogP contribution in [0.4, 0.5) is 23.1 Å². The standard InChI is InChI=1S/C24H27N5O3S/c1-17-16-23(29-14-4-3-5-15-29)27-24(25-17)26-20-8-10-21(11-9-20)28-33(31,32)22-12-6-19(7-13-22)18(2)30/h6-13,16,28H,3-5,14-15H2,1-2H3,(H,25,26,27). The lowest BCUT2D eigenvalue weighted by molar-refractivity contribution is 0.101. The molecule has 9 heteroatoms. The number of hydrogen-bond donors (Lipinski definition) is 2. The molecular formula is C24H27N5O3S. The third-order valence-electron chi connectivity index (χ3n) is 5.49. The molecule has 8 nitrogen and oxygen atoms in total. The van der Waals surface area contributed by atoms with Crippen LogP contribution in [0.1, 0.15) is 42.2 Å². The molecule has 0 atom stereocenters. The molecule has 0 radical (unpaired) electrons. The maximum Gasteiger partial charge on any atom is 0.261 e. The van der Waals surface area contributed by atoms with Crippen LogP contribution in [0, 0.1) is 6.92 Å². The quantitative estimate of drug-likeness (QED) is 0.494. The van der Waals surface area contributed by atoms with Gasteiger partial charge in [-0.2, -0.15) is 4.98 Å². The Kier molecular flexibility index (Phi) is 6.60. The average Bonchev–Trinajstić information content (AvgIpc) is 2.80. The topological polar surface area (TPSA) is 104 Å². The van der Waals surface area contributed by atoms with Gasteiger partial charge in [0.25, 0.3) is 10.0 Å². The van der Waals surface area contributed by atoms with Crippen molar-refractivity contribution in [2.45, 2.75) is 38.0 Å². The minimum atomic E-state index is -3.76. The highest BCUT2D eigenvalue weighted by Crippen LogP contribution is 2.23. The van der Waals surface area contributed by atoms with E-state index in [-0.39, 0.29) is 10.7 Å². The summed E-state index contributed by atoms with van der Waals surface area (Å²) < 4.78 is 27.9. The molecule has 1 aliphatic rings. The fourth-order valence-corrected chi connectivity index (χ4v) is 4.79. The summed E-state index contributed by atoms with van der Waals surface area (Å²) in [6, 6.07) is 14.7. The molecule has 0 saturated carbocycles. The number of sulfonamides is 1. The van der Waals surface area contributed by atoms with Crippen LogP contribution in [-0.4, -0.2) is 37.3 Å². The average molecular weight is 466 g/mol. The summed E-state index contributed by atoms with van der Waals surface area (Å²) in [6.07, 6.45) is 3.60. The number of rotatable bonds is 7. The number of Topliss-reactive ketones (excluding diaryl/α,β-unsaturated/α-hetero) is 1. The monoisotopic (exact) mass is 465 g/mol. The van der Waals surface area contributed by atoms with E-state index in [0.717, 1.165) is 30.3 Å². The minimum Gasteiger partial charge on any atom is -0.356 e. The summed E-state index contributed by atoms with van der Waals surface area (Å²) in [4.78, 5) is 22.9. The van der Waals surface area contributed by atoms with Crippen molar-refractivity contribution in [1.82, 2.24) is 9.97 Å². The summed E-state index contributed by atoms with van der Waals surface area (Å²) in [7, 11) is -3.76. The predicted octanol–water partition coefficient (Wildman–Crippen LogP) is 4.52. The maximum absolute atomic E-state index is 12.6. The van der Waals surface area contributed by atoms with E-state index < -0.39 is 10.0 Å². The first-order chi connectivity index (χ1) is 15.8. The van der Waals surface area contributed by atoms with Crippen LogP contribution < -0.4 is 14.9 Å². The van der Waals surface area contributed by atoms with E-state index in [0.29, 0.717) is 17.2 Å². The Morgan fingerprint density at radius 3 is 2.18 bits per heavy atom. The number of ketones is 1. The highest BCUT2D eigenvalue weighted by molar-refractivity contribution is 7.92. The zero-order valence-corrected chi connectivity index (χ0v) is 19.5. The highest BCUT2D eigenvalue weighted by Gasteiger charge is 2.16. The molecule has 0 bridgehead atoms. The van der Waals surface area contributed by atoms with Crippen LogP contribution in [0.2, 0.25) is 0 Å². The Morgan fingerprint density at radius 2 is 1.55 bits per heavy atom. The molecule has 0 unspecified atom stereocenters. The van der Waals surface area contributed by atoms with E-state index in [4.69, 9.17) is 0 Å². The number of aromatic nitrogens is 2. The van der Waals surface area contributed by atoms with Gasteiger partial charge in [0.15, 0.2) is 5.78 Å². The van der Waals surface area contributed by atoms with Crippen LogP contribution in [0.3, 0.4) is 0 Å². The van der Waals surface area contributed by atoms with E-state index in [2.05, 4.69) is 24.9 Å². The number of aryl methyl sites for hydroxylation is 1. The number of piperidine rings is 1. The normalized spacial score (nSPS) is 14.1. The van der Waals surface area contributed by atoms with Crippen molar-refractivity contribution in [1.29, 1.82) is 0 Å². The van der Waals surface area contributed by atoms with E-state index in [1.165, 1.54) is 50.5 Å². The van der Waals surface area contributed by atoms with Crippen LogP contribution in [0.5, 0.6) is 0 Å². The van der Waals surface area contributed by atoms with Gasteiger partial charge in [-0.3, -0.25) is 9.52 Å². The zero-order chi connectivity index (χ0) is 23.4. The molecular weight excluding hydrogens is 438 g/mol. The van der Waals surface area contributed by atoms with Gasteiger partial charge in [-0.1, -0.05) is 12.1 Å². The zero-order valence-electron chi connectivity index (χ0n) is 18.7. The van der Waals surface area contributed by atoms with Crippen LogP contribution in [0.15, 0.2) is 59.5 Å². The fourth-order valence-electron chi connectivity index (χ4n) is 3.73. The van der Waals surface area contributed by atoms with Crippen LogP contribution >= 0.6 is 0 Å². The third kappa shape index (κ3) is 5.67. The molecule has 0 aliphatic carbocycles. The second-order valence-corrected chi connectivity index (χ2v) is 9.81. The SMILES string of the molecule is CC(=O)c1ccc(S(=O)(=O)Nc2ccc(Nc3nc(C)cc(N4CCCCC4)n3)cc2)cc1. The second-order valence-electron chi connectivity index (χ2n) is 8.13. The van der Waals surface area contributed by atoms with Crippen molar-refractivity contribution < 1.29 is 13.2 Å². The molecule has 4 rings (SSSR count). The maximum atomic E-state index is 12.6. The van der Waals surface area contributed by atoms with Gasteiger partial charge in [0, 0.05) is 41.8 Å². The van der Waals surface area contributed by atoms with E-state index >= 15 is 0 Å². The summed E-state index contributed by atoms with van der Waals surface area (Å²) in [5.74, 6) is 1.31. The molecule has 2 heterocycles. The highest BCUT2D eigenvalue weighted by atomic mass is 32.2. The minimum absolute atomic E-state index is 0.0908. The smallest absolute Gasteiger partial charge is 0.261 e. The Bertz CT molecular complexity index is 1240. The number of nitrogens with one attached hydrogen (secondary N) is 2. The molecule has 1 aromatic heterocycles. The van der Waals surface area contributed by atoms with Gasteiger partial charge in [-0.05, 0) is 69.5 Å². The van der Waals surface area contributed by atoms with E-state index in [1.54, 1.807) is 24.3 Å². The van der Waals surface area contributed by atoms with Gasteiger partial charge in [-0.15, -0.1) is 0 Å². The Hall–Kier alpha value is -3.46. The summed E-state index contributed by atoms with van der Waals surface area (Å²) in [5.41, 5.74) is 2.52. The van der Waals surface area contributed by atoms with Gasteiger partial charge < -0.3 is 10.2 Å². The lowest BCUT2D eigenvalue weighted by atomic mass is 10.1. The number of anilines is 4. The summed E-state index contributed by atoms with van der Waals surface area (Å²) >= 11 is 0. The molecule has 2 N–H and O–H groups in total. The van der Waals surface area contributed by atoms with Crippen molar-refractivity contribution >= 4 is 38.9 Å². The van der Waals surface area contributed by atoms with Gasteiger partial charge in [0.2, 0.25) is 5.95 Å². The molecule has 1 fully saturated rings. The van der Waals surface area contributed by atoms with Gasteiger partial charge in [0.05, 0.1) is 4.90 Å². The Morgan fingerprint density at radius 1 is 0.909 bits per heavy atom. The molecule has 3 aromatic rings. The summed E-state index contributed by atoms with van der Waals surface area (Å²) in [5, 5.41) is 3.20. The predicted molar refractivity (Wildman–Crippen MR) is 130 cm³/mol. The summed E-state index contributed by atoms with van der Waals surface area (Å²) in [6.45, 7) is 5.39. The van der Waals surface area contributed by atoms with E-state index in [9.17, 15) is 13.2 Å². The van der Waals surface area contributed by atoms with E-state index in [1.807, 2.05) is 13.0 Å². The van der Waals surface area contributed by atoms with Gasteiger partial charge in [-0.25, -0.2) is 13.4 Å². The van der Waals surface area contributed by atoms with Crippen molar-refractivity contribution in [3.05, 3.63) is 65.9 Å². The van der Waals surface area contributed by atoms with Crippen molar-refractivity contribution in [2.24, 2.45) is 0 Å². The first-order valence-corrected chi connectivity index (χ1v) is 12.4. The first kappa shape index (κ1) is 22.7. The van der Waals surface area contributed by atoms with Crippen molar-refractivity contribution in [3.63, 3.8) is 0 Å². The molecule has 0 spiro atoms. The number of benzene rings is 2. The van der Waals surface area contributed by atoms with Crippen LogP contribution in [0.25, 0.3) is 0 Å². The Labute approximate surface area is 194 Å². The molecule has 2 aromatic carbocycles. The molecule has 33 heavy (non-hydrogen) atoms. The molecule has 1 saturated heterocycles. The lowest BCUT2D eigenvalue weighted by Gasteiger charge is -2.28. The second kappa shape index (κ2) is 9.58. The fraction of sp³-hybridized carbons (Fsp3) is 0.292. The number of carbonyl (C=O) groups excluding carboxylic acids is 1. The number of carbonyl (C=O) groups is 1. The largest absolute Gasteiger partial charge is 0.356 e. The lowest BCUT2D eigenvalue weighted by Crippen LogP contribution is -2.30.